The second kappa shape index (κ2) is 8.91. The molecule has 1 heterocycles. The average molecular weight is 358 g/mol. The van der Waals surface area contributed by atoms with Gasteiger partial charge >= 0.3 is 0 Å². The van der Waals surface area contributed by atoms with Gasteiger partial charge in [0, 0.05) is 7.11 Å². The van der Waals surface area contributed by atoms with Crippen LogP contribution in [0.2, 0.25) is 0 Å². The molecule has 1 aliphatic rings. The van der Waals surface area contributed by atoms with E-state index >= 15 is 0 Å². The Hall–Kier alpha value is -0.390. The molecule has 1 atom stereocenters. The molecular weight excluding hydrogens is 330 g/mol. The zero-order valence-electron chi connectivity index (χ0n) is 13.3. The lowest BCUT2D eigenvalue weighted by molar-refractivity contribution is 0.179. The highest BCUT2D eigenvalue weighted by atomic mass is 79.9. The molecule has 0 saturated heterocycles. The van der Waals surface area contributed by atoms with Gasteiger partial charge in [-0.15, -0.1) is 0 Å². The Labute approximate surface area is 136 Å². The quantitative estimate of drug-likeness (QED) is 0.838. The molecule has 1 aromatic heterocycles. The van der Waals surface area contributed by atoms with E-state index < -0.39 is 0 Å². The van der Waals surface area contributed by atoms with Crippen molar-refractivity contribution in [2.75, 3.05) is 20.8 Å². The number of nitrogens with one attached hydrogen (secondary N) is 1. The van der Waals surface area contributed by atoms with E-state index in [9.17, 15) is 0 Å². The lowest BCUT2D eigenvalue weighted by atomic mass is 9.84. The molecule has 1 N–H and O–H groups in total. The van der Waals surface area contributed by atoms with Gasteiger partial charge in [-0.3, -0.25) is 4.68 Å². The van der Waals surface area contributed by atoms with Gasteiger partial charge in [0.15, 0.2) is 0 Å². The molecule has 0 aliphatic heterocycles. The highest BCUT2D eigenvalue weighted by Crippen LogP contribution is 2.35. The van der Waals surface area contributed by atoms with Crippen LogP contribution in [0.1, 0.15) is 56.7 Å². The number of hydrogen-bond donors (Lipinski definition) is 1. The van der Waals surface area contributed by atoms with Gasteiger partial charge in [0.2, 0.25) is 0 Å². The van der Waals surface area contributed by atoms with Crippen molar-refractivity contribution in [3.8, 4) is 0 Å². The van der Waals surface area contributed by atoms with Crippen molar-refractivity contribution < 1.29 is 4.74 Å². The van der Waals surface area contributed by atoms with E-state index in [-0.39, 0.29) is 0 Å². The summed E-state index contributed by atoms with van der Waals surface area (Å²) in [5, 5.41) is 8.06. The van der Waals surface area contributed by atoms with Crippen molar-refractivity contribution in [2.24, 2.45) is 5.92 Å². The summed E-state index contributed by atoms with van der Waals surface area (Å²) in [5.74, 6) is 0.699. The fourth-order valence-electron chi connectivity index (χ4n) is 3.45. The molecule has 2 rings (SSSR count). The third-order valence-corrected chi connectivity index (χ3v) is 5.18. The van der Waals surface area contributed by atoms with Crippen LogP contribution in [-0.4, -0.2) is 30.5 Å². The molecule has 0 amide bonds. The maximum Gasteiger partial charge on any atom is 0.0699 e. The summed E-state index contributed by atoms with van der Waals surface area (Å²) in [7, 11) is 3.81. The number of rotatable bonds is 6. The minimum absolute atomic E-state index is 0.372. The summed E-state index contributed by atoms with van der Waals surface area (Å²) in [4.78, 5) is 0. The molecule has 0 radical (unpaired) electrons. The smallest absolute Gasteiger partial charge is 0.0699 e. The largest absolute Gasteiger partial charge is 0.383 e. The highest BCUT2D eigenvalue weighted by molar-refractivity contribution is 9.10. The Balaban J connectivity index is 2.16. The number of aromatic nitrogens is 2. The fraction of sp³-hybridized carbons (Fsp3) is 0.812. The molecule has 1 aromatic rings. The first-order valence-corrected chi connectivity index (χ1v) is 8.94. The zero-order valence-corrected chi connectivity index (χ0v) is 14.9. The molecule has 0 aromatic carbocycles. The summed E-state index contributed by atoms with van der Waals surface area (Å²) < 4.78 is 8.41. The van der Waals surface area contributed by atoms with E-state index in [1.165, 1.54) is 50.6 Å². The van der Waals surface area contributed by atoms with Gasteiger partial charge in [-0.25, -0.2) is 0 Å². The molecular formula is C16H28BrN3O. The summed E-state index contributed by atoms with van der Waals surface area (Å²) in [6.45, 7) is 1.50. The fourth-order valence-corrected chi connectivity index (χ4v) is 4.00. The normalized spacial score (nSPS) is 19.2. The predicted octanol–water partition coefficient (Wildman–Crippen LogP) is 3.91. The lowest BCUT2D eigenvalue weighted by Crippen LogP contribution is -2.29. The Kier molecular flexibility index (Phi) is 7.20. The van der Waals surface area contributed by atoms with Crippen molar-refractivity contribution in [2.45, 2.75) is 57.5 Å². The first-order chi connectivity index (χ1) is 10.3. The van der Waals surface area contributed by atoms with Crippen LogP contribution >= 0.6 is 15.9 Å². The minimum atomic E-state index is 0.372. The Bertz CT molecular complexity index is 414. The predicted molar refractivity (Wildman–Crippen MR) is 89.4 cm³/mol. The first-order valence-electron chi connectivity index (χ1n) is 8.15. The Morgan fingerprint density at radius 2 is 2.00 bits per heavy atom. The number of nitrogens with zero attached hydrogens (tertiary/aromatic N) is 2. The molecule has 1 fully saturated rings. The summed E-state index contributed by atoms with van der Waals surface area (Å²) in [6, 6.07) is 0.372. The molecule has 0 spiro atoms. The van der Waals surface area contributed by atoms with Crippen molar-refractivity contribution in [1.29, 1.82) is 0 Å². The Morgan fingerprint density at radius 3 is 2.62 bits per heavy atom. The number of hydrogen-bond acceptors (Lipinski definition) is 3. The molecule has 1 aliphatic carbocycles. The monoisotopic (exact) mass is 357 g/mol. The number of ether oxygens (including phenoxy) is 1. The van der Waals surface area contributed by atoms with Crippen LogP contribution in [0, 0.1) is 5.92 Å². The van der Waals surface area contributed by atoms with Crippen molar-refractivity contribution in [1.82, 2.24) is 15.1 Å². The van der Waals surface area contributed by atoms with Gasteiger partial charge in [-0.2, -0.15) is 5.10 Å². The van der Waals surface area contributed by atoms with Crippen LogP contribution < -0.4 is 5.32 Å². The summed E-state index contributed by atoms with van der Waals surface area (Å²) in [5.41, 5.74) is 1.28. The second-order valence-electron chi connectivity index (χ2n) is 5.97. The second-order valence-corrected chi connectivity index (χ2v) is 6.82. The van der Waals surface area contributed by atoms with E-state index in [2.05, 4.69) is 38.1 Å². The first kappa shape index (κ1) is 17.0. The van der Waals surface area contributed by atoms with Crippen LogP contribution in [0.25, 0.3) is 0 Å². The molecule has 0 bridgehead atoms. The van der Waals surface area contributed by atoms with Gasteiger partial charge < -0.3 is 10.1 Å². The maximum absolute atomic E-state index is 5.21. The summed E-state index contributed by atoms with van der Waals surface area (Å²) >= 11 is 3.69. The number of methoxy groups -OCH3 is 1. The molecule has 4 nitrogen and oxygen atoms in total. The SMILES string of the molecule is CNC(c1c(Br)cnn1CCOC)C1CCCCCCC1. The van der Waals surface area contributed by atoms with E-state index in [0.29, 0.717) is 18.6 Å². The number of halogens is 1. The lowest BCUT2D eigenvalue weighted by Gasteiger charge is -2.29. The van der Waals surface area contributed by atoms with Crippen LogP contribution in [-0.2, 0) is 11.3 Å². The summed E-state index contributed by atoms with van der Waals surface area (Å²) in [6.07, 6.45) is 11.4. The average Bonchev–Trinajstić information content (AvgIpc) is 2.81. The van der Waals surface area contributed by atoms with E-state index in [0.717, 1.165) is 11.0 Å². The standard InChI is InChI=1S/C16H28BrN3O/c1-18-15(13-8-6-4-3-5-7-9-13)16-14(17)12-19-20(16)10-11-21-2/h12-13,15,18H,3-11H2,1-2H3. The van der Waals surface area contributed by atoms with Crippen LogP contribution in [0.3, 0.4) is 0 Å². The van der Waals surface area contributed by atoms with E-state index in [1.807, 2.05) is 6.20 Å². The van der Waals surface area contributed by atoms with Crippen LogP contribution in [0.5, 0.6) is 0 Å². The maximum atomic E-state index is 5.21. The minimum Gasteiger partial charge on any atom is -0.383 e. The molecule has 21 heavy (non-hydrogen) atoms. The topological polar surface area (TPSA) is 39.1 Å². The van der Waals surface area contributed by atoms with Gasteiger partial charge in [0.1, 0.15) is 0 Å². The molecule has 120 valence electrons. The van der Waals surface area contributed by atoms with E-state index in [4.69, 9.17) is 4.74 Å². The highest BCUT2D eigenvalue weighted by Gasteiger charge is 2.27. The third kappa shape index (κ3) is 4.54. The third-order valence-electron chi connectivity index (χ3n) is 4.57. The molecule has 5 heteroatoms. The molecule has 1 saturated carbocycles. The van der Waals surface area contributed by atoms with Gasteiger partial charge in [-0.05, 0) is 41.7 Å². The van der Waals surface area contributed by atoms with E-state index in [1.54, 1.807) is 7.11 Å². The zero-order chi connectivity index (χ0) is 15.1. The Morgan fingerprint density at radius 1 is 1.33 bits per heavy atom. The van der Waals surface area contributed by atoms with Crippen LogP contribution in [0.15, 0.2) is 10.7 Å². The van der Waals surface area contributed by atoms with Crippen molar-refractivity contribution in [3.05, 3.63) is 16.4 Å². The van der Waals surface area contributed by atoms with Gasteiger partial charge in [0.05, 0.1) is 35.6 Å². The van der Waals surface area contributed by atoms with Gasteiger partial charge in [0.25, 0.3) is 0 Å². The van der Waals surface area contributed by atoms with Crippen molar-refractivity contribution >= 4 is 15.9 Å². The van der Waals surface area contributed by atoms with Gasteiger partial charge in [-0.1, -0.05) is 32.1 Å². The van der Waals surface area contributed by atoms with Crippen molar-refractivity contribution in [3.63, 3.8) is 0 Å². The van der Waals surface area contributed by atoms with Crippen LogP contribution in [0.4, 0.5) is 0 Å². The molecule has 1 unspecified atom stereocenters.